The normalized spacial score (nSPS) is 26.3. The van der Waals surface area contributed by atoms with E-state index in [1.807, 2.05) is 0 Å². The molecule has 0 unspecified atom stereocenters. The lowest BCUT2D eigenvalue weighted by molar-refractivity contribution is -0.171. The number of nitrogens with zero attached hydrogens (tertiary/aromatic N) is 1. The van der Waals surface area contributed by atoms with Crippen molar-refractivity contribution in [1.82, 2.24) is 0 Å². The molecule has 4 N–H and O–H groups in total. The summed E-state index contributed by atoms with van der Waals surface area (Å²) in [6, 6.07) is 4.03. The smallest absolute Gasteiger partial charge is 0.310 e. The first-order chi connectivity index (χ1) is 8.26. The number of hydrogen-bond acceptors (Lipinski definition) is 4. The van der Waals surface area contributed by atoms with Crippen molar-refractivity contribution in [2.24, 2.45) is 10.7 Å². The highest BCUT2D eigenvalue weighted by Crippen LogP contribution is 2.45. The maximum Gasteiger partial charge on any atom is 0.310 e. The molecule has 0 radical (unpaired) electrons. The van der Waals surface area contributed by atoms with Gasteiger partial charge in [0, 0.05) is 16.3 Å². The van der Waals surface area contributed by atoms with Gasteiger partial charge in [-0.25, -0.2) is 4.99 Å². The van der Waals surface area contributed by atoms with Crippen molar-refractivity contribution in [3.8, 4) is 0 Å². The number of nitrogen functional groups attached to an aromatic ring is 1. The van der Waals surface area contributed by atoms with E-state index in [0.717, 1.165) is 0 Å². The lowest BCUT2D eigenvalue weighted by Gasteiger charge is -2.39. The van der Waals surface area contributed by atoms with Gasteiger partial charge >= 0.3 is 5.92 Å². The standard InChI is InChI=1S/C11H12ClF2N3O/c1-10(7-4-6(15)2-3-8(7)12)11(13,14)5-17-9(16)18-10/h2-4H,5,15H2,1H3,(H2,16,17)/t10-/m1/s1. The Labute approximate surface area is 108 Å². The summed E-state index contributed by atoms with van der Waals surface area (Å²) >= 11 is 5.94. The van der Waals surface area contributed by atoms with Crippen molar-refractivity contribution in [3.63, 3.8) is 0 Å². The third-order valence-corrected chi connectivity index (χ3v) is 3.27. The Bertz CT molecular complexity index is 521. The van der Waals surface area contributed by atoms with Gasteiger partial charge in [0.1, 0.15) is 6.54 Å². The van der Waals surface area contributed by atoms with Crippen molar-refractivity contribution in [3.05, 3.63) is 28.8 Å². The zero-order valence-corrected chi connectivity index (χ0v) is 10.3. The van der Waals surface area contributed by atoms with Crippen molar-refractivity contribution in [1.29, 1.82) is 0 Å². The van der Waals surface area contributed by atoms with Gasteiger partial charge in [0.25, 0.3) is 6.02 Å². The number of benzene rings is 1. The first kappa shape index (κ1) is 12.9. The third kappa shape index (κ3) is 1.86. The molecule has 2 rings (SSSR count). The van der Waals surface area contributed by atoms with Crippen LogP contribution in [0.15, 0.2) is 23.2 Å². The largest absolute Gasteiger partial charge is 0.448 e. The summed E-state index contributed by atoms with van der Waals surface area (Å²) in [6.45, 7) is 0.468. The van der Waals surface area contributed by atoms with E-state index in [4.69, 9.17) is 27.8 Å². The minimum absolute atomic E-state index is 0.0898. The molecule has 18 heavy (non-hydrogen) atoms. The summed E-state index contributed by atoms with van der Waals surface area (Å²) < 4.78 is 33.1. The van der Waals surface area contributed by atoms with E-state index in [0.29, 0.717) is 5.69 Å². The van der Waals surface area contributed by atoms with Crippen LogP contribution in [0.4, 0.5) is 14.5 Å². The minimum Gasteiger partial charge on any atom is -0.448 e. The molecule has 98 valence electrons. The average Bonchev–Trinajstić information content (AvgIpc) is 2.28. The highest BCUT2D eigenvalue weighted by Gasteiger charge is 2.57. The van der Waals surface area contributed by atoms with Gasteiger partial charge in [-0.05, 0) is 25.1 Å². The van der Waals surface area contributed by atoms with Gasteiger partial charge in [0.2, 0.25) is 5.60 Å². The summed E-state index contributed by atoms with van der Waals surface area (Å²) in [4.78, 5) is 3.40. The summed E-state index contributed by atoms with van der Waals surface area (Å²) in [6.07, 6.45) is 0. The molecular weight excluding hydrogens is 264 g/mol. The molecule has 1 aliphatic heterocycles. The number of aliphatic imine (C=N–C) groups is 1. The molecule has 7 heteroatoms. The highest BCUT2D eigenvalue weighted by molar-refractivity contribution is 6.31. The van der Waals surface area contributed by atoms with Gasteiger partial charge < -0.3 is 16.2 Å². The molecule has 0 bridgehead atoms. The molecule has 0 aliphatic carbocycles. The van der Waals surface area contributed by atoms with Crippen molar-refractivity contribution < 1.29 is 13.5 Å². The van der Waals surface area contributed by atoms with Crippen LogP contribution in [-0.2, 0) is 10.3 Å². The summed E-state index contributed by atoms with van der Waals surface area (Å²) in [7, 11) is 0. The number of amidine groups is 1. The molecule has 0 spiro atoms. The van der Waals surface area contributed by atoms with Gasteiger partial charge in [0.05, 0.1) is 0 Å². The van der Waals surface area contributed by atoms with Crippen LogP contribution < -0.4 is 11.5 Å². The molecule has 4 nitrogen and oxygen atoms in total. The summed E-state index contributed by atoms with van der Waals surface area (Å²) in [5, 5.41) is 0.140. The van der Waals surface area contributed by atoms with E-state index in [-0.39, 0.29) is 16.6 Å². The Kier molecular flexibility index (Phi) is 2.85. The van der Waals surface area contributed by atoms with Gasteiger partial charge in [-0.2, -0.15) is 8.78 Å². The molecule has 0 saturated heterocycles. The molecule has 1 aliphatic rings. The molecule has 1 aromatic rings. The zero-order chi connectivity index (χ0) is 13.6. The third-order valence-electron chi connectivity index (χ3n) is 2.94. The molecule has 0 aromatic heterocycles. The Hall–Kier alpha value is -1.56. The van der Waals surface area contributed by atoms with E-state index in [2.05, 4.69) is 4.99 Å². The predicted molar refractivity (Wildman–Crippen MR) is 65.7 cm³/mol. The van der Waals surface area contributed by atoms with E-state index in [1.54, 1.807) is 0 Å². The molecular formula is C11H12ClF2N3O. The Morgan fingerprint density at radius 2 is 2.06 bits per heavy atom. The van der Waals surface area contributed by atoms with E-state index >= 15 is 0 Å². The molecule has 1 aromatic carbocycles. The van der Waals surface area contributed by atoms with Gasteiger partial charge in [0.15, 0.2) is 0 Å². The first-order valence-electron chi connectivity index (χ1n) is 5.18. The van der Waals surface area contributed by atoms with Crippen molar-refractivity contribution >= 4 is 23.3 Å². The van der Waals surface area contributed by atoms with Gasteiger partial charge in [-0.3, -0.25) is 0 Å². The maximum absolute atomic E-state index is 14.0. The number of ether oxygens (including phenoxy) is 1. The van der Waals surface area contributed by atoms with Gasteiger partial charge in [-0.15, -0.1) is 0 Å². The molecule has 1 atom stereocenters. The lowest BCUT2D eigenvalue weighted by atomic mass is 9.87. The molecule has 1 heterocycles. The molecule has 0 amide bonds. The second-order valence-corrected chi connectivity index (χ2v) is 4.64. The van der Waals surface area contributed by atoms with Crippen LogP contribution in [0.2, 0.25) is 5.02 Å². The number of nitrogens with two attached hydrogens (primary N) is 2. The highest BCUT2D eigenvalue weighted by atomic mass is 35.5. The number of halogens is 3. The quantitative estimate of drug-likeness (QED) is 0.771. The topological polar surface area (TPSA) is 73.6 Å². The van der Waals surface area contributed by atoms with Crippen molar-refractivity contribution in [2.75, 3.05) is 12.3 Å². The minimum atomic E-state index is -3.23. The zero-order valence-electron chi connectivity index (χ0n) is 9.58. The Balaban J connectivity index is 2.59. The molecule has 0 fully saturated rings. The lowest BCUT2D eigenvalue weighted by Crippen LogP contribution is -2.53. The fraction of sp³-hybridized carbons (Fsp3) is 0.364. The van der Waals surface area contributed by atoms with Crippen LogP contribution in [-0.4, -0.2) is 18.5 Å². The van der Waals surface area contributed by atoms with E-state index < -0.39 is 18.1 Å². The van der Waals surface area contributed by atoms with Crippen LogP contribution >= 0.6 is 11.6 Å². The molecule has 0 saturated carbocycles. The van der Waals surface area contributed by atoms with E-state index in [1.165, 1.54) is 25.1 Å². The van der Waals surface area contributed by atoms with Gasteiger partial charge in [-0.1, -0.05) is 11.6 Å². The number of anilines is 1. The summed E-state index contributed by atoms with van der Waals surface area (Å²) in [5.74, 6) is -3.23. The monoisotopic (exact) mass is 275 g/mol. The van der Waals surface area contributed by atoms with E-state index in [9.17, 15) is 8.78 Å². The average molecular weight is 276 g/mol. The van der Waals surface area contributed by atoms with Crippen LogP contribution in [0.1, 0.15) is 12.5 Å². The second-order valence-electron chi connectivity index (χ2n) is 4.23. The first-order valence-corrected chi connectivity index (χ1v) is 5.56. The SMILES string of the molecule is C[C@]1(c2cc(N)ccc2Cl)OC(N)=NCC1(F)F. The summed E-state index contributed by atoms with van der Waals surface area (Å²) in [5.41, 5.74) is 9.40. The van der Waals surface area contributed by atoms with Crippen LogP contribution in [0.3, 0.4) is 0 Å². The second kappa shape index (κ2) is 3.98. The van der Waals surface area contributed by atoms with Crippen LogP contribution in [0.5, 0.6) is 0 Å². The maximum atomic E-state index is 14.0. The van der Waals surface area contributed by atoms with Crippen molar-refractivity contribution in [2.45, 2.75) is 18.4 Å². The number of rotatable bonds is 1. The van der Waals surface area contributed by atoms with Crippen LogP contribution in [0, 0.1) is 0 Å². The fourth-order valence-electron chi connectivity index (χ4n) is 1.80. The number of alkyl halides is 2. The Morgan fingerprint density at radius 1 is 1.39 bits per heavy atom. The van der Waals surface area contributed by atoms with Crippen LogP contribution in [0.25, 0.3) is 0 Å². The Morgan fingerprint density at radius 3 is 2.72 bits per heavy atom. The fourth-order valence-corrected chi connectivity index (χ4v) is 2.10. The predicted octanol–water partition coefficient (Wildman–Crippen LogP) is 2.12. The number of hydrogen-bond donors (Lipinski definition) is 2.